The summed E-state index contributed by atoms with van der Waals surface area (Å²) in [6.45, 7) is 1.88. The Morgan fingerprint density at radius 1 is 0.875 bits per heavy atom. The summed E-state index contributed by atoms with van der Waals surface area (Å²) in [5.74, 6) is -0.959. The van der Waals surface area contributed by atoms with Gasteiger partial charge in [-0.25, -0.2) is 9.78 Å². The third-order valence-electron chi connectivity index (χ3n) is 5.79. The van der Waals surface area contributed by atoms with Crippen molar-refractivity contribution in [1.82, 2.24) is 10.3 Å². The Balaban J connectivity index is 1.50. The number of carbonyl (C=O) groups is 4. The summed E-state index contributed by atoms with van der Waals surface area (Å²) in [6.07, 6.45) is 0.701. The zero-order chi connectivity index (χ0) is 29.1. The fourth-order valence-corrected chi connectivity index (χ4v) is 3.73. The maximum absolute atomic E-state index is 12.5. The van der Waals surface area contributed by atoms with E-state index in [1.807, 2.05) is 25.1 Å². The molecular formula is C28H31N5O7. The normalized spacial score (nSPS) is 11.1. The first kappa shape index (κ1) is 29.4. The van der Waals surface area contributed by atoms with Gasteiger partial charge in [-0.3, -0.25) is 14.4 Å². The number of carbonyl (C=O) groups excluding carboxylic acids is 3. The molecule has 4 amide bonds. The molecule has 210 valence electrons. The Kier molecular flexibility index (Phi) is 10.4. The molecule has 0 fully saturated rings. The molecule has 1 unspecified atom stereocenters. The van der Waals surface area contributed by atoms with Gasteiger partial charge in [0.15, 0.2) is 11.5 Å². The monoisotopic (exact) mass is 549 g/mol. The van der Waals surface area contributed by atoms with Gasteiger partial charge < -0.3 is 35.8 Å². The zero-order valence-corrected chi connectivity index (χ0v) is 22.3. The number of hydrogen-bond acceptors (Lipinski definition) is 7. The number of para-hydroxylation sites is 1. The molecule has 0 saturated carbocycles. The zero-order valence-electron chi connectivity index (χ0n) is 22.3. The van der Waals surface area contributed by atoms with Gasteiger partial charge in [0.1, 0.15) is 5.82 Å². The third-order valence-corrected chi connectivity index (χ3v) is 5.79. The van der Waals surface area contributed by atoms with Gasteiger partial charge in [0.05, 0.1) is 38.6 Å². The Morgan fingerprint density at radius 2 is 1.60 bits per heavy atom. The number of nitrogens with zero attached hydrogens (tertiary/aromatic N) is 1. The van der Waals surface area contributed by atoms with Crippen molar-refractivity contribution in [3.63, 3.8) is 0 Å². The molecule has 0 radical (unpaired) electrons. The topological polar surface area (TPSA) is 168 Å². The van der Waals surface area contributed by atoms with Gasteiger partial charge in [0, 0.05) is 18.5 Å². The summed E-state index contributed by atoms with van der Waals surface area (Å²) in [6, 6.07) is 14.0. The molecule has 0 spiro atoms. The van der Waals surface area contributed by atoms with Crippen molar-refractivity contribution in [2.45, 2.75) is 32.2 Å². The molecule has 1 aromatic heterocycles. The van der Waals surface area contributed by atoms with Crippen molar-refractivity contribution in [1.29, 1.82) is 0 Å². The van der Waals surface area contributed by atoms with E-state index in [-0.39, 0.29) is 25.1 Å². The molecule has 1 atom stereocenters. The quantitative estimate of drug-likeness (QED) is 0.225. The number of nitrogens with one attached hydrogen (secondary N) is 4. The molecule has 40 heavy (non-hydrogen) atoms. The number of hydrogen-bond donors (Lipinski definition) is 5. The van der Waals surface area contributed by atoms with Gasteiger partial charge in [-0.05, 0) is 48.4 Å². The first-order valence-electron chi connectivity index (χ1n) is 12.3. The number of carboxylic acids is 1. The minimum absolute atomic E-state index is 0.155. The van der Waals surface area contributed by atoms with Crippen molar-refractivity contribution in [2.24, 2.45) is 0 Å². The first-order chi connectivity index (χ1) is 19.2. The lowest BCUT2D eigenvalue weighted by Crippen LogP contribution is -2.31. The average molecular weight is 550 g/mol. The summed E-state index contributed by atoms with van der Waals surface area (Å²) < 4.78 is 10.5. The van der Waals surface area contributed by atoms with Crippen LogP contribution in [-0.2, 0) is 14.4 Å². The van der Waals surface area contributed by atoms with Crippen molar-refractivity contribution in [3.05, 3.63) is 71.9 Å². The van der Waals surface area contributed by atoms with Crippen molar-refractivity contribution in [3.8, 4) is 11.5 Å². The number of pyridine rings is 1. The molecule has 12 nitrogen and oxygen atoms in total. The number of aryl methyl sites for hydroxylation is 1. The Morgan fingerprint density at radius 3 is 2.25 bits per heavy atom. The summed E-state index contributed by atoms with van der Waals surface area (Å²) in [5, 5.41) is 20.0. The maximum atomic E-state index is 12.5. The van der Waals surface area contributed by atoms with Gasteiger partial charge in [-0.1, -0.05) is 24.3 Å². The second kappa shape index (κ2) is 14.1. The highest BCUT2D eigenvalue weighted by Crippen LogP contribution is 2.31. The number of anilines is 3. The van der Waals surface area contributed by atoms with E-state index in [0.29, 0.717) is 28.4 Å². The van der Waals surface area contributed by atoms with Crippen LogP contribution in [0.15, 0.2) is 60.8 Å². The van der Waals surface area contributed by atoms with E-state index in [0.717, 1.165) is 5.56 Å². The lowest BCUT2D eigenvalue weighted by Gasteiger charge is -2.19. The predicted octanol–water partition coefficient (Wildman–Crippen LogP) is 4.10. The summed E-state index contributed by atoms with van der Waals surface area (Å²) in [4.78, 5) is 52.6. The molecule has 0 aliphatic rings. The van der Waals surface area contributed by atoms with E-state index in [2.05, 4.69) is 26.3 Å². The Hall–Kier alpha value is -5.13. The largest absolute Gasteiger partial charge is 0.493 e. The summed E-state index contributed by atoms with van der Waals surface area (Å²) >= 11 is 0. The highest BCUT2D eigenvalue weighted by molar-refractivity contribution is 6.00. The lowest BCUT2D eigenvalue weighted by atomic mass is 10.0. The van der Waals surface area contributed by atoms with Gasteiger partial charge >= 0.3 is 12.0 Å². The van der Waals surface area contributed by atoms with Gasteiger partial charge in [-0.2, -0.15) is 0 Å². The molecule has 3 aromatic rings. The molecule has 3 rings (SSSR count). The van der Waals surface area contributed by atoms with Crippen molar-refractivity contribution in [2.75, 3.05) is 30.2 Å². The van der Waals surface area contributed by atoms with Crippen LogP contribution in [0.3, 0.4) is 0 Å². The molecule has 12 heteroatoms. The number of methoxy groups -OCH3 is 2. The van der Waals surface area contributed by atoms with Gasteiger partial charge in [0.2, 0.25) is 11.8 Å². The number of aliphatic carboxylic acids is 1. The number of benzene rings is 2. The maximum Gasteiger partial charge on any atom is 0.323 e. The number of urea groups is 1. The molecule has 5 N–H and O–H groups in total. The van der Waals surface area contributed by atoms with E-state index in [1.54, 1.807) is 30.3 Å². The number of carboxylic acid groups (broad SMARTS) is 1. The van der Waals surface area contributed by atoms with Crippen LogP contribution in [-0.4, -0.2) is 48.1 Å². The van der Waals surface area contributed by atoms with E-state index in [1.165, 1.54) is 26.5 Å². The fraction of sp³-hybridized carbons (Fsp3) is 0.250. The summed E-state index contributed by atoms with van der Waals surface area (Å²) in [5.41, 5.74) is 2.53. The number of rotatable bonds is 12. The van der Waals surface area contributed by atoms with E-state index in [4.69, 9.17) is 9.47 Å². The number of aromatic nitrogens is 1. The Bertz CT molecular complexity index is 1360. The predicted molar refractivity (Wildman–Crippen MR) is 149 cm³/mol. The number of amides is 4. The van der Waals surface area contributed by atoms with Crippen LogP contribution in [0, 0.1) is 6.92 Å². The van der Waals surface area contributed by atoms with Crippen molar-refractivity contribution < 1.29 is 33.8 Å². The van der Waals surface area contributed by atoms with Crippen LogP contribution in [0.25, 0.3) is 0 Å². The molecule has 1 heterocycles. The lowest BCUT2D eigenvalue weighted by molar-refractivity contribution is -0.138. The molecule has 0 aliphatic heterocycles. The number of ether oxygens (including phenoxy) is 2. The summed E-state index contributed by atoms with van der Waals surface area (Å²) in [7, 11) is 2.93. The first-order valence-corrected chi connectivity index (χ1v) is 12.3. The van der Waals surface area contributed by atoms with Crippen LogP contribution < -0.4 is 30.7 Å². The van der Waals surface area contributed by atoms with Gasteiger partial charge in [0.25, 0.3) is 0 Å². The molecular weight excluding hydrogens is 518 g/mol. The van der Waals surface area contributed by atoms with Crippen LogP contribution >= 0.6 is 0 Å². The second-order valence-electron chi connectivity index (χ2n) is 8.71. The smallest absolute Gasteiger partial charge is 0.323 e. The second-order valence-corrected chi connectivity index (χ2v) is 8.71. The van der Waals surface area contributed by atoms with E-state index >= 15 is 0 Å². The van der Waals surface area contributed by atoms with E-state index in [9.17, 15) is 24.3 Å². The van der Waals surface area contributed by atoms with Crippen LogP contribution in [0.4, 0.5) is 22.0 Å². The van der Waals surface area contributed by atoms with Crippen molar-refractivity contribution >= 4 is 41.0 Å². The minimum Gasteiger partial charge on any atom is -0.493 e. The highest BCUT2D eigenvalue weighted by atomic mass is 16.5. The molecule has 0 saturated heterocycles. The standard InChI is InChI=1S/C28H31N5O7/c1-17-6-4-5-7-20(17)32-28(38)30-19-9-11-24(29-16-19)33-26(35)13-12-25(34)31-21(15-27(36)37)18-8-10-22(39-2)23(14-18)40-3/h4-11,14,16,21H,12-13,15H2,1-3H3,(H,31,34)(H,36,37)(H,29,33,35)(H2,30,32,38). The van der Waals surface area contributed by atoms with Crippen LogP contribution in [0.2, 0.25) is 0 Å². The molecule has 2 aromatic carbocycles. The van der Waals surface area contributed by atoms with Gasteiger partial charge in [-0.15, -0.1) is 0 Å². The van der Waals surface area contributed by atoms with Crippen LogP contribution in [0.5, 0.6) is 11.5 Å². The van der Waals surface area contributed by atoms with Crippen LogP contribution in [0.1, 0.15) is 36.4 Å². The highest BCUT2D eigenvalue weighted by Gasteiger charge is 2.20. The third kappa shape index (κ3) is 8.72. The molecule has 0 aliphatic carbocycles. The average Bonchev–Trinajstić information content (AvgIpc) is 2.93. The minimum atomic E-state index is -1.10. The Labute approximate surface area is 231 Å². The SMILES string of the molecule is COc1ccc(C(CC(=O)O)NC(=O)CCC(=O)Nc2ccc(NC(=O)Nc3ccccc3C)cn2)cc1OC. The fourth-order valence-electron chi connectivity index (χ4n) is 3.73. The van der Waals surface area contributed by atoms with E-state index < -0.39 is 29.9 Å². The molecule has 0 bridgehead atoms.